The fourth-order valence-corrected chi connectivity index (χ4v) is 3.17. The van der Waals surface area contributed by atoms with Crippen molar-refractivity contribution in [3.05, 3.63) is 11.1 Å². The van der Waals surface area contributed by atoms with E-state index in [0.29, 0.717) is 24.1 Å². The second-order valence-corrected chi connectivity index (χ2v) is 6.15. The summed E-state index contributed by atoms with van der Waals surface area (Å²) in [6.45, 7) is 2.75. The summed E-state index contributed by atoms with van der Waals surface area (Å²) in [4.78, 5) is 29.5. The van der Waals surface area contributed by atoms with E-state index in [-0.39, 0.29) is 17.7 Å². The van der Waals surface area contributed by atoms with Gasteiger partial charge in [0.2, 0.25) is 11.8 Å². The molecule has 1 saturated carbocycles. The molecule has 2 fully saturated rings. The summed E-state index contributed by atoms with van der Waals surface area (Å²) in [5, 5.41) is 5.60. The molecule has 2 aliphatic rings. The summed E-state index contributed by atoms with van der Waals surface area (Å²) in [6, 6.07) is 0. The first-order valence-electron chi connectivity index (χ1n) is 6.65. The van der Waals surface area contributed by atoms with Crippen LogP contribution in [0.3, 0.4) is 0 Å². The van der Waals surface area contributed by atoms with E-state index in [1.165, 1.54) is 24.2 Å². The number of anilines is 1. The molecule has 5 nitrogen and oxygen atoms in total. The Hall–Kier alpha value is -1.43. The van der Waals surface area contributed by atoms with Crippen LogP contribution in [-0.2, 0) is 9.59 Å². The van der Waals surface area contributed by atoms with Crippen LogP contribution < -0.4 is 5.32 Å². The fourth-order valence-electron chi connectivity index (χ4n) is 2.38. The molecule has 2 amide bonds. The van der Waals surface area contributed by atoms with Gasteiger partial charge in [0.1, 0.15) is 0 Å². The zero-order valence-electron chi connectivity index (χ0n) is 10.9. The van der Waals surface area contributed by atoms with Crippen LogP contribution in [0.2, 0.25) is 0 Å². The first-order valence-corrected chi connectivity index (χ1v) is 7.53. The van der Waals surface area contributed by atoms with E-state index >= 15 is 0 Å². The van der Waals surface area contributed by atoms with E-state index < -0.39 is 0 Å². The van der Waals surface area contributed by atoms with Gasteiger partial charge in [0.05, 0.1) is 11.6 Å². The molecule has 1 aromatic rings. The smallest absolute Gasteiger partial charge is 0.231 e. The third kappa shape index (κ3) is 2.78. The number of nitrogens with one attached hydrogen (secondary N) is 1. The van der Waals surface area contributed by atoms with Crippen molar-refractivity contribution in [2.45, 2.75) is 32.1 Å². The van der Waals surface area contributed by atoms with Gasteiger partial charge in [0, 0.05) is 31.3 Å². The van der Waals surface area contributed by atoms with Crippen molar-refractivity contribution in [1.82, 2.24) is 9.88 Å². The molecule has 0 radical (unpaired) electrons. The summed E-state index contributed by atoms with van der Waals surface area (Å²) in [6.07, 6.45) is 3.17. The maximum Gasteiger partial charge on any atom is 0.231 e. The average molecular weight is 279 g/mol. The van der Waals surface area contributed by atoms with Gasteiger partial charge in [-0.25, -0.2) is 4.98 Å². The van der Waals surface area contributed by atoms with Gasteiger partial charge in [-0.15, -0.1) is 11.3 Å². The highest BCUT2D eigenvalue weighted by Crippen LogP contribution is 2.40. The minimum Gasteiger partial charge on any atom is -0.342 e. The van der Waals surface area contributed by atoms with E-state index in [0.717, 1.165) is 12.1 Å². The van der Waals surface area contributed by atoms with E-state index in [4.69, 9.17) is 0 Å². The zero-order valence-corrected chi connectivity index (χ0v) is 11.7. The molecule has 0 spiro atoms. The van der Waals surface area contributed by atoms with E-state index in [9.17, 15) is 9.59 Å². The van der Waals surface area contributed by atoms with Crippen LogP contribution in [0.15, 0.2) is 5.38 Å². The predicted octanol–water partition coefficient (Wildman–Crippen LogP) is 1.83. The van der Waals surface area contributed by atoms with Crippen molar-refractivity contribution in [2.75, 3.05) is 18.4 Å². The highest BCUT2D eigenvalue weighted by molar-refractivity contribution is 7.13. The van der Waals surface area contributed by atoms with Crippen LogP contribution in [0, 0.1) is 5.92 Å². The lowest BCUT2D eigenvalue weighted by molar-refractivity contribution is -0.128. The number of nitrogens with zero attached hydrogens (tertiary/aromatic N) is 2. The first-order chi connectivity index (χ1) is 9.13. The highest BCUT2D eigenvalue weighted by Gasteiger charge is 2.30. The van der Waals surface area contributed by atoms with Gasteiger partial charge in [0.25, 0.3) is 0 Å². The molecule has 2 heterocycles. The first kappa shape index (κ1) is 12.6. The zero-order chi connectivity index (χ0) is 13.4. The molecule has 1 aliphatic heterocycles. The summed E-state index contributed by atoms with van der Waals surface area (Å²) in [7, 11) is 0. The number of likely N-dealkylation sites (tertiary alicyclic amines) is 1. The number of amides is 2. The molecule has 1 aromatic heterocycles. The Balaban J connectivity index is 1.57. The van der Waals surface area contributed by atoms with Crippen LogP contribution in [0.25, 0.3) is 0 Å². The molecular formula is C13H17N3O2S. The SMILES string of the molecule is CC(=O)N1CCC(C(=O)Nc2nc(C3CC3)cs2)C1. The quantitative estimate of drug-likeness (QED) is 0.918. The molecule has 1 saturated heterocycles. The summed E-state index contributed by atoms with van der Waals surface area (Å²) in [5.74, 6) is 0.541. The largest absolute Gasteiger partial charge is 0.342 e. The number of hydrogen-bond acceptors (Lipinski definition) is 4. The minimum absolute atomic E-state index is 0.0135. The van der Waals surface area contributed by atoms with Gasteiger partial charge in [-0.2, -0.15) is 0 Å². The molecule has 1 atom stereocenters. The Labute approximate surface area is 116 Å². The lowest BCUT2D eigenvalue weighted by atomic mass is 10.1. The lowest BCUT2D eigenvalue weighted by Crippen LogP contribution is -2.29. The van der Waals surface area contributed by atoms with Crippen molar-refractivity contribution in [2.24, 2.45) is 5.92 Å². The Morgan fingerprint density at radius 1 is 1.42 bits per heavy atom. The molecule has 1 N–H and O–H groups in total. The van der Waals surface area contributed by atoms with Crippen LogP contribution in [0.4, 0.5) is 5.13 Å². The van der Waals surface area contributed by atoms with E-state index in [1.807, 2.05) is 5.38 Å². The van der Waals surface area contributed by atoms with Gasteiger partial charge >= 0.3 is 0 Å². The van der Waals surface area contributed by atoms with Crippen molar-refractivity contribution in [3.8, 4) is 0 Å². The Kier molecular flexibility index (Phi) is 3.26. The predicted molar refractivity (Wildman–Crippen MR) is 73.1 cm³/mol. The van der Waals surface area contributed by atoms with Crippen LogP contribution in [0.5, 0.6) is 0 Å². The molecule has 1 unspecified atom stereocenters. The molecule has 19 heavy (non-hydrogen) atoms. The second kappa shape index (κ2) is 4.92. The number of rotatable bonds is 3. The number of aromatic nitrogens is 1. The van der Waals surface area contributed by atoms with Gasteiger partial charge in [-0.05, 0) is 19.3 Å². The van der Waals surface area contributed by atoms with Crippen molar-refractivity contribution in [1.29, 1.82) is 0 Å². The number of carbonyl (C=O) groups excluding carboxylic acids is 2. The normalized spacial score (nSPS) is 22.6. The third-order valence-electron chi connectivity index (χ3n) is 3.75. The fraction of sp³-hybridized carbons (Fsp3) is 0.615. The van der Waals surface area contributed by atoms with Crippen molar-refractivity contribution >= 4 is 28.3 Å². The number of thiazole rings is 1. The Morgan fingerprint density at radius 3 is 2.84 bits per heavy atom. The van der Waals surface area contributed by atoms with Crippen LogP contribution in [-0.4, -0.2) is 34.8 Å². The molecular weight excluding hydrogens is 262 g/mol. The summed E-state index contributed by atoms with van der Waals surface area (Å²) < 4.78 is 0. The van der Waals surface area contributed by atoms with Gasteiger partial charge in [-0.3, -0.25) is 9.59 Å². The molecule has 0 aromatic carbocycles. The Bertz CT molecular complexity index is 510. The molecule has 3 rings (SSSR count). The van der Waals surface area contributed by atoms with E-state index in [2.05, 4.69) is 10.3 Å². The highest BCUT2D eigenvalue weighted by atomic mass is 32.1. The van der Waals surface area contributed by atoms with Crippen LogP contribution in [0.1, 0.15) is 37.8 Å². The average Bonchev–Trinajstić information content (AvgIpc) is 2.92. The Morgan fingerprint density at radius 2 is 2.21 bits per heavy atom. The maximum atomic E-state index is 12.1. The topological polar surface area (TPSA) is 62.3 Å². The number of carbonyl (C=O) groups is 2. The second-order valence-electron chi connectivity index (χ2n) is 5.29. The standard InChI is InChI=1S/C13H17N3O2S/c1-8(17)16-5-4-10(6-16)12(18)15-13-14-11(7-19-13)9-2-3-9/h7,9-10H,2-6H2,1H3,(H,14,15,18). The summed E-state index contributed by atoms with van der Waals surface area (Å²) >= 11 is 1.49. The van der Waals surface area contributed by atoms with Gasteiger partial charge < -0.3 is 10.2 Å². The monoisotopic (exact) mass is 279 g/mol. The molecule has 102 valence electrons. The van der Waals surface area contributed by atoms with Gasteiger partial charge in [-0.1, -0.05) is 0 Å². The van der Waals surface area contributed by atoms with Crippen molar-refractivity contribution in [3.63, 3.8) is 0 Å². The molecule has 1 aliphatic carbocycles. The maximum absolute atomic E-state index is 12.1. The van der Waals surface area contributed by atoms with Crippen LogP contribution >= 0.6 is 11.3 Å². The molecule has 0 bridgehead atoms. The van der Waals surface area contributed by atoms with Crippen molar-refractivity contribution < 1.29 is 9.59 Å². The molecule has 6 heteroatoms. The lowest BCUT2D eigenvalue weighted by Gasteiger charge is -2.13. The van der Waals surface area contributed by atoms with Gasteiger partial charge in [0.15, 0.2) is 5.13 Å². The minimum atomic E-state index is -0.0998. The summed E-state index contributed by atoms with van der Waals surface area (Å²) in [5.41, 5.74) is 1.11. The third-order valence-corrected chi connectivity index (χ3v) is 4.53. The van der Waals surface area contributed by atoms with E-state index in [1.54, 1.807) is 11.8 Å². The number of hydrogen-bond donors (Lipinski definition) is 1.